The molecule has 0 spiro atoms. The number of oxazole rings is 1. The predicted octanol–water partition coefficient (Wildman–Crippen LogP) is 1.57. The van der Waals surface area contributed by atoms with E-state index in [2.05, 4.69) is 10.3 Å². The van der Waals surface area contributed by atoms with E-state index in [0.29, 0.717) is 25.3 Å². The second-order valence-corrected chi connectivity index (χ2v) is 4.46. The fraction of sp³-hybridized carbons (Fsp3) is 0.429. The molecular weight excluding hydrogens is 244 g/mol. The van der Waals surface area contributed by atoms with Crippen molar-refractivity contribution in [3.8, 4) is 0 Å². The molecule has 0 bridgehead atoms. The van der Waals surface area contributed by atoms with Crippen LogP contribution >= 0.6 is 0 Å². The molecule has 0 unspecified atom stereocenters. The van der Waals surface area contributed by atoms with Crippen molar-refractivity contribution in [2.24, 2.45) is 0 Å². The number of aromatic nitrogens is 1. The minimum absolute atomic E-state index is 0.0226. The highest BCUT2D eigenvalue weighted by molar-refractivity contribution is 5.76. The Kier molecular flexibility index (Phi) is 4.52. The number of nitrogens with zero attached hydrogens (tertiary/aromatic N) is 1. The molecule has 0 atom stereocenters. The van der Waals surface area contributed by atoms with Gasteiger partial charge in [-0.15, -0.1) is 0 Å². The monoisotopic (exact) mass is 262 g/mol. The summed E-state index contributed by atoms with van der Waals surface area (Å²) in [7, 11) is 0. The molecule has 1 heterocycles. The minimum Gasteiger partial charge on any atom is -0.441 e. The Labute approximate surface area is 111 Å². The second-order valence-electron chi connectivity index (χ2n) is 4.46. The Morgan fingerprint density at radius 3 is 3.11 bits per heavy atom. The van der Waals surface area contributed by atoms with Gasteiger partial charge < -0.3 is 14.8 Å². The average molecular weight is 262 g/mol. The number of aliphatic hydroxyl groups is 1. The summed E-state index contributed by atoms with van der Waals surface area (Å²) < 4.78 is 5.46. The number of carbonyl (C=O) groups is 1. The Balaban J connectivity index is 1.86. The maximum absolute atomic E-state index is 11.4. The number of aryl methyl sites for hydroxylation is 1. The molecular formula is C14H18N2O3. The van der Waals surface area contributed by atoms with Gasteiger partial charge in [-0.2, -0.15) is 0 Å². The van der Waals surface area contributed by atoms with Crippen molar-refractivity contribution in [1.29, 1.82) is 0 Å². The van der Waals surface area contributed by atoms with Gasteiger partial charge >= 0.3 is 0 Å². The fourth-order valence-electron chi connectivity index (χ4n) is 1.91. The number of benzene rings is 1. The van der Waals surface area contributed by atoms with Crippen LogP contribution < -0.4 is 5.32 Å². The van der Waals surface area contributed by atoms with Crippen LogP contribution in [0.2, 0.25) is 0 Å². The molecule has 1 aromatic carbocycles. The van der Waals surface area contributed by atoms with Crippen molar-refractivity contribution in [2.75, 3.05) is 13.2 Å². The highest BCUT2D eigenvalue weighted by Gasteiger charge is 2.04. The topological polar surface area (TPSA) is 75.4 Å². The Morgan fingerprint density at radius 1 is 1.47 bits per heavy atom. The van der Waals surface area contributed by atoms with E-state index in [1.807, 2.05) is 25.1 Å². The van der Waals surface area contributed by atoms with Crippen LogP contribution in [-0.2, 0) is 11.2 Å². The summed E-state index contributed by atoms with van der Waals surface area (Å²) in [5.74, 6) is 0.634. The van der Waals surface area contributed by atoms with E-state index in [9.17, 15) is 4.79 Å². The van der Waals surface area contributed by atoms with Gasteiger partial charge in [-0.25, -0.2) is 4.98 Å². The van der Waals surface area contributed by atoms with Crippen LogP contribution in [0.4, 0.5) is 0 Å². The number of fused-ring (bicyclic) bond motifs is 1. The van der Waals surface area contributed by atoms with Crippen molar-refractivity contribution >= 4 is 17.0 Å². The Morgan fingerprint density at radius 2 is 2.32 bits per heavy atom. The van der Waals surface area contributed by atoms with E-state index in [1.165, 1.54) is 0 Å². The maximum Gasteiger partial charge on any atom is 0.220 e. The molecule has 0 saturated carbocycles. The molecule has 5 heteroatoms. The first-order valence-electron chi connectivity index (χ1n) is 6.42. The van der Waals surface area contributed by atoms with Crippen molar-refractivity contribution in [1.82, 2.24) is 10.3 Å². The first-order chi connectivity index (χ1) is 9.19. The summed E-state index contributed by atoms with van der Waals surface area (Å²) in [6, 6.07) is 5.87. The summed E-state index contributed by atoms with van der Waals surface area (Å²) in [6.07, 6.45) is 1.63. The molecule has 0 aliphatic heterocycles. The largest absolute Gasteiger partial charge is 0.441 e. The molecule has 2 rings (SSSR count). The van der Waals surface area contributed by atoms with E-state index >= 15 is 0 Å². The zero-order valence-corrected chi connectivity index (χ0v) is 11.0. The van der Waals surface area contributed by atoms with Crippen molar-refractivity contribution in [3.05, 3.63) is 29.7 Å². The highest BCUT2D eigenvalue weighted by Crippen LogP contribution is 2.16. The predicted molar refractivity (Wildman–Crippen MR) is 71.8 cm³/mol. The van der Waals surface area contributed by atoms with Crippen LogP contribution in [0.15, 0.2) is 22.6 Å². The number of hydrogen-bond donors (Lipinski definition) is 2. The lowest BCUT2D eigenvalue weighted by Gasteiger charge is -2.04. The molecule has 19 heavy (non-hydrogen) atoms. The van der Waals surface area contributed by atoms with E-state index in [0.717, 1.165) is 23.1 Å². The molecule has 1 aromatic heterocycles. The molecule has 5 nitrogen and oxygen atoms in total. The summed E-state index contributed by atoms with van der Waals surface area (Å²) in [5, 5.41) is 11.4. The third-order valence-corrected chi connectivity index (χ3v) is 2.86. The number of aliphatic hydroxyl groups excluding tert-OH is 1. The van der Waals surface area contributed by atoms with Crippen LogP contribution in [0.3, 0.4) is 0 Å². The van der Waals surface area contributed by atoms with E-state index in [-0.39, 0.29) is 12.5 Å². The molecule has 0 fully saturated rings. The molecule has 102 valence electrons. The van der Waals surface area contributed by atoms with Gasteiger partial charge in [-0.3, -0.25) is 4.79 Å². The SMILES string of the molecule is Cc1nc2ccc(CCNC(=O)CCCO)cc2o1. The van der Waals surface area contributed by atoms with Crippen LogP contribution in [0.25, 0.3) is 11.1 Å². The van der Waals surface area contributed by atoms with Crippen LogP contribution in [0.1, 0.15) is 24.3 Å². The number of rotatable bonds is 6. The summed E-state index contributed by atoms with van der Waals surface area (Å²) in [4.78, 5) is 15.6. The minimum atomic E-state index is -0.0226. The first kappa shape index (κ1) is 13.5. The van der Waals surface area contributed by atoms with Gasteiger partial charge in [0.25, 0.3) is 0 Å². The fourth-order valence-corrected chi connectivity index (χ4v) is 1.91. The third kappa shape index (κ3) is 3.79. The summed E-state index contributed by atoms with van der Waals surface area (Å²) >= 11 is 0. The van der Waals surface area contributed by atoms with E-state index in [1.54, 1.807) is 0 Å². The van der Waals surface area contributed by atoms with Crippen molar-refractivity contribution < 1.29 is 14.3 Å². The molecule has 0 radical (unpaired) electrons. The molecule has 0 aliphatic carbocycles. The number of nitrogens with one attached hydrogen (secondary N) is 1. The van der Waals surface area contributed by atoms with Gasteiger partial charge in [0, 0.05) is 26.5 Å². The molecule has 2 aromatic rings. The Hall–Kier alpha value is -1.88. The number of carbonyl (C=O) groups excluding carboxylic acids is 1. The number of hydrogen-bond acceptors (Lipinski definition) is 4. The summed E-state index contributed by atoms with van der Waals surface area (Å²) in [5.41, 5.74) is 2.74. The smallest absolute Gasteiger partial charge is 0.220 e. The van der Waals surface area contributed by atoms with Gasteiger partial charge in [0.15, 0.2) is 11.5 Å². The standard InChI is InChI=1S/C14H18N2O3/c1-10-16-12-5-4-11(9-13(12)19-10)6-7-15-14(18)3-2-8-17/h4-5,9,17H,2-3,6-8H2,1H3,(H,15,18). The number of amides is 1. The average Bonchev–Trinajstić information content (AvgIpc) is 2.75. The van der Waals surface area contributed by atoms with Crippen molar-refractivity contribution in [2.45, 2.75) is 26.2 Å². The summed E-state index contributed by atoms with van der Waals surface area (Å²) in [6.45, 7) is 2.46. The van der Waals surface area contributed by atoms with Gasteiger partial charge in [0.1, 0.15) is 5.52 Å². The zero-order chi connectivity index (χ0) is 13.7. The van der Waals surface area contributed by atoms with Gasteiger partial charge in [-0.05, 0) is 30.5 Å². The lowest BCUT2D eigenvalue weighted by Crippen LogP contribution is -2.25. The third-order valence-electron chi connectivity index (χ3n) is 2.86. The maximum atomic E-state index is 11.4. The normalized spacial score (nSPS) is 10.8. The lowest BCUT2D eigenvalue weighted by molar-refractivity contribution is -0.121. The molecule has 0 aliphatic rings. The van der Waals surface area contributed by atoms with Crippen LogP contribution in [0.5, 0.6) is 0 Å². The molecule has 0 saturated heterocycles. The quantitative estimate of drug-likeness (QED) is 0.828. The molecule has 2 N–H and O–H groups in total. The van der Waals surface area contributed by atoms with Crippen LogP contribution in [-0.4, -0.2) is 29.1 Å². The first-order valence-corrected chi connectivity index (χ1v) is 6.42. The Bertz CT molecular complexity index is 563. The van der Waals surface area contributed by atoms with Crippen molar-refractivity contribution in [3.63, 3.8) is 0 Å². The zero-order valence-electron chi connectivity index (χ0n) is 11.0. The highest BCUT2D eigenvalue weighted by atomic mass is 16.3. The van der Waals surface area contributed by atoms with Gasteiger partial charge in [0.05, 0.1) is 0 Å². The lowest BCUT2D eigenvalue weighted by atomic mass is 10.1. The van der Waals surface area contributed by atoms with Gasteiger partial charge in [0.2, 0.25) is 5.91 Å². The van der Waals surface area contributed by atoms with Crippen LogP contribution in [0, 0.1) is 6.92 Å². The second kappa shape index (κ2) is 6.33. The molecule has 1 amide bonds. The van der Waals surface area contributed by atoms with E-state index < -0.39 is 0 Å². The van der Waals surface area contributed by atoms with E-state index in [4.69, 9.17) is 9.52 Å². The van der Waals surface area contributed by atoms with Gasteiger partial charge in [-0.1, -0.05) is 6.07 Å².